The molecule has 31 heteroatoms. The van der Waals surface area contributed by atoms with E-state index in [-0.39, 0.29) is 29.3 Å². The van der Waals surface area contributed by atoms with E-state index < -0.39 is 17.5 Å². The monoisotopic (exact) mass is 1720 g/mol. The number of hydrogen-bond donors (Lipinski definition) is 5. The molecule has 7 aromatic heterocycles. The Balaban J connectivity index is 0.000000153. The van der Waals surface area contributed by atoms with E-state index in [1.54, 1.807) is 141 Å². The molecule has 0 atom stereocenters. The third-order valence-electron chi connectivity index (χ3n) is 18.6. The first kappa shape index (κ1) is 90.6. The van der Waals surface area contributed by atoms with Crippen molar-refractivity contribution in [1.82, 2.24) is 59.8 Å². The van der Waals surface area contributed by atoms with Gasteiger partial charge in [0.15, 0.2) is 0 Å². The Morgan fingerprint density at radius 2 is 0.619 bits per heavy atom. The van der Waals surface area contributed by atoms with E-state index in [0.717, 1.165) is 86.3 Å². The fourth-order valence-electron chi connectivity index (χ4n) is 11.9. The van der Waals surface area contributed by atoms with E-state index >= 15 is 0 Å². The quantitative estimate of drug-likeness (QED) is 0.0417. The highest BCUT2D eigenvalue weighted by atomic mass is 35.5. The number of aromatic nitrogens is 12. The summed E-state index contributed by atoms with van der Waals surface area (Å²) in [6, 6.07) is 64.2. The van der Waals surface area contributed by atoms with Crippen LogP contribution in [0.2, 0.25) is 10.0 Å². The molecular formula is C95H84Cl2F2N22O5. The smallest absolute Gasteiger partial charge is 0.287 e. The molecule has 0 spiro atoms. The van der Waals surface area contributed by atoms with Gasteiger partial charge in [-0.25, -0.2) is 59.8 Å². The first-order chi connectivity index (χ1) is 60.7. The van der Waals surface area contributed by atoms with E-state index in [4.69, 9.17) is 29.6 Å². The summed E-state index contributed by atoms with van der Waals surface area (Å²) in [5.74, 6) is -1.96. The molecule has 0 aliphatic heterocycles. The minimum absolute atomic E-state index is 0.0794. The maximum absolute atomic E-state index is 13.4. The van der Waals surface area contributed by atoms with Gasteiger partial charge in [-0.3, -0.25) is 24.0 Å². The van der Waals surface area contributed by atoms with Gasteiger partial charge in [-0.05, 0) is 178 Å². The number of alkyl halides is 2. The number of amides is 5. The molecule has 0 bridgehead atoms. The van der Waals surface area contributed by atoms with Crippen LogP contribution in [0.4, 0.5) is 94.1 Å². The third kappa shape index (κ3) is 26.4. The van der Waals surface area contributed by atoms with Crippen LogP contribution in [0.3, 0.4) is 0 Å². The standard InChI is InChI=1S/C20H15ClN4O.C19H17ClN4O.C19H17F2N5O.C19H18N4O.C18H17N5O/c1-3-14-5-4-6-15(7-14)20(26)24-17-8-16(21)9-18(10-17)25(2)19-11-22-13-23-12-19;1-13-4-3-5-14(6-13)19(25)23-16-7-15(20)8-17(9-16)24(2)18-10-21-12-22-11-18;1-19(20,21)17-8-4-7-16(25-17)18(27)24-13-5-3-6-14(9-13)26(2)15-10-22-12-23-11-15;1-14-5-3-6-15(9-14)19(24)22-16-7-4-8-17(10-16)23(2)18-11-20-13-21-12-18;1-13-5-3-8-17(21-13)18(24)22-14-6-4-7-15(9-14)23(2)16-10-19-12-20-11-16/h1,4-13H,2H3,(H,24,26);3-12H,1-2H3,(H,23,25);3-12H,1-2H3,(H,24,27);3-13H,1-2H3,(H,22,24);3-12H,1-2H3,(H,22,24). The summed E-state index contributed by atoms with van der Waals surface area (Å²) >= 11 is 12.4. The minimum Gasteiger partial charge on any atom is -0.342 e. The van der Waals surface area contributed by atoms with Crippen molar-refractivity contribution in [3.05, 3.63) is 378 Å². The molecule has 632 valence electrons. The molecule has 5 N–H and O–H groups in total. The van der Waals surface area contributed by atoms with Crippen LogP contribution in [-0.4, -0.2) is 125 Å². The number of carbonyl (C=O) groups is 5. The number of pyridine rings is 2. The number of carbonyl (C=O) groups excluding carboxylic acids is 5. The fourth-order valence-corrected chi connectivity index (χ4v) is 12.4. The zero-order valence-corrected chi connectivity index (χ0v) is 71.2. The van der Waals surface area contributed by atoms with Crippen molar-refractivity contribution in [3.8, 4) is 12.3 Å². The molecule has 15 aromatic rings. The van der Waals surface area contributed by atoms with E-state index in [0.29, 0.717) is 60.7 Å². The molecule has 15 rings (SSSR count). The first-order valence-corrected chi connectivity index (χ1v) is 39.4. The Bertz CT molecular complexity index is 6150. The zero-order chi connectivity index (χ0) is 89.7. The van der Waals surface area contributed by atoms with Crippen molar-refractivity contribution >= 4 is 138 Å². The Kier molecular flexibility index (Phi) is 31.5. The van der Waals surface area contributed by atoms with Crippen molar-refractivity contribution in [2.24, 2.45) is 0 Å². The number of rotatable bonds is 21. The largest absolute Gasteiger partial charge is 0.342 e. The molecule has 0 saturated heterocycles. The van der Waals surface area contributed by atoms with Crippen LogP contribution >= 0.6 is 23.2 Å². The molecule has 8 aromatic carbocycles. The molecule has 0 aliphatic carbocycles. The number of halogens is 4. The van der Waals surface area contributed by atoms with Gasteiger partial charge in [0.1, 0.15) is 48.7 Å². The van der Waals surface area contributed by atoms with Gasteiger partial charge in [-0.15, -0.1) is 6.42 Å². The molecule has 7 heterocycles. The topological polar surface area (TPSA) is 316 Å². The molecule has 5 amide bonds. The lowest BCUT2D eigenvalue weighted by Crippen LogP contribution is -2.18. The second kappa shape index (κ2) is 43.9. The molecule has 0 unspecified atom stereocenters. The highest BCUT2D eigenvalue weighted by Crippen LogP contribution is 2.34. The lowest BCUT2D eigenvalue weighted by atomic mass is 10.1. The lowest BCUT2D eigenvalue weighted by molar-refractivity contribution is 0.0126. The summed E-state index contributed by atoms with van der Waals surface area (Å²) in [5.41, 5.74) is 16.7. The van der Waals surface area contributed by atoms with Gasteiger partial charge in [-0.2, -0.15) is 8.78 Å². The van der Waals surface area contributed by atoms with Crippen molar-refractivity contribution in [3.63, 3.8) is 0 Å². The first-order valence-electron chi connectivity index (χ1n) is 38.6. The normalized spacial score (nSPS) is 10.4. The van der Waals surface area contributed by atoms with Gasteiger partial charge in [0, 0.05) is 137 Å². The van der Waals surface area contributed by atoms with Crippen LogP contribution in [0.5, 0.6) is 0 Å². The third-order valence-corrected chi connectivity index (χ3v) is 19.0. The zero-order valence-electron chi connectivity index (χ0n) is 69.7. The summed E-state index contributed by atoms with van der Waals surface area (Å²) in [5, 5.41) is 15.3. The van der Waals surface area contributed by atoms with Gasteiger partial charge < -0.3 is 51.1 Å². The van der Waals surface area contributed by atoms with Gasteiger partial charge in [0.2, 0.25) is 0 Å². The van der Waals surface area contributed by atoms with Crippen molar-refractivity contribution in [2.75, 3.05) is 86.3 Å². The average Bonchev–Trinajstić information content (AvgIpc) is 0.843. The molecule has 0 fully saturated rings. The van der Waals surface area contributed by atoms with Crippen LogP contribution < -0.4 is 51.1 Å². The summed E-state index contributed by atoms with van der Waals surface area (Å²) < 4.78 is 26.8. The molecule has 0 radical (unpaired) electrons. The molecule has 126 heavy (non-hydrogen) atoms. The van der Waals surface area contributed by atoms with E-state index in [1.165, 1.54) is 49.8 Å². The SMILES string of the molecule is C#Cc1cccc(C(=O)Nc2cc(Cl)cc(N(C)c3cncnc3)c2)c1.CN(c1cncnc1)c1cccc(NC(=O)c2cccc(C(C)(F)F)n2)c1.Cc1cccc(C(=O)Nc2cc(Cl)cc(N(C)c3cncnc3)c2)c1.Cc1cccc(C(=O)Nc2cccc(N(C)c3cncnc3)c2)c1.Cc1cccc(C(=O)Nc2cccc(N(C)c3cncnc3)c2)n1. The molecular weight excluding hydrogens is 1640 g/mol. The van der Waals surface area contributed by atoms with Crippen LogP contribution in [-0.2, 0) is 5.92 Å². The number of nitrogens with one attached hydrogen (secondary N) is 5. The highest BCUT2D eigenvalue weighted by molar-refractivity contribution is 6.31. The molecule has 0 saturated carbocycles. The van der Waals surface area contributed by atoms with Gasteiger partial charge in [0.25, 0.3) is 35.5 Å². The Morgan fingerprint density at radius 1 is 0.325 bits per heavy atom. The fraction of sp³-hybridized carbons (Fsp3) is 0.105. The average molecular weight is 1720 g/mol. The predicted octanol–water partition coefficient (Wildman–Crippen LogP) is 19.6. The van der Waals surface area contributed by atoms with Crippen molar-refractivity contribution in [1.29, 1.82) is 0 Å². The summed E-state index contributed by atoms with van der Waals surface area (Å²) in [6.45, 7) is 6.51. The highest BCUT2D eigenvalue weighted by Gasteiger charge is 2.27. The number of nitrogens with zero attached hydrogens (tertiary/aromatic N) is 17. The van der Waals surface area contributed by atoms with Gasteiger partial charge >= 0.3 is 0 Å². The molecule has 27 nitrogen and oxygen atoms in total. The minimum atomic E-state index is -3.11. The summed E-state index contributed by atoms with van der Waals surface area (Å²) in [7, 11) is 9.44. The number of hydrogen-bond acceptors (Lipinski definition) is 22. The second-order valence-corrected chi connectivity index (χ2v) is 28.9. The maximum atomic E-state index is 13.4. The van der Waals surface area contributed by atoms with E-state index in [2.05, 4.69) is 92.3 Å². The molecule has 0 aliphatic rings. The lowest BCUT2D eigenvalue weighted by Gasteiger charge is -2.20. The van der Waals surface area contributed by atoms with Crippen LogP contribution in [0.1, 0.15) is 87.1 Å². The van der Waals surface area contributed by atoms with Crippen LogP contribution in [0.15, 0.2) is 312 Å². The predicted molar refractivity (Wildman–Crippen MR) is 492 cm³/mol. The van der Waals surface area contributed by atoms with E-state index in [1.807, 2.05) is 202 Å². The Labute approximate surface area is 736 Å². The van der Waals surface area contributed by atoms with E-state index in [9.17, 15) is 32.8 Å². The van der Waals surface area contributed by atoms with Gasteiger partial charge in [0.05, 0.1) is 90.4 Å². The Hall–Kier alpha value is -16.2. The van der Waals surface area contributed by atoms with Crippen molar-refractivity contribution < 1.29 is 32.8 Å². The number of terminal acetylenes is 1. The Morgan fingerprint density at radius 3 is 0.960 bits per heavy atom. The number of anilines is 15. The summed E-state index contributed by atoms with van der Waals surface area (Å²) in [6.07, 6.45) is 29.8. The summed E-state index contributed by atoms with van der Waals surface area (Å²) in [4.78, 5) is 120. The number of aryl methyl sites for hydroxylation is 3. The second-order valence-electron chi connectivity index (χ2n) is 28.0. The number of benzene rings is 8. The maximum Gasteiger partial charge on any atom is 0.287 e. The van der Waals surface area contributed by atoms with Crippen LogP contribution in [0, 0.1) is 33.1 Å². The van der Waals surface area contributed by atoms with Gasteiger partial charge in [-0.1, -0.05) is 101 Å². The van der Waals surface area contributed by atoms with Crippen LogP contribution in [0.25, 0.3) is 0 Å². The van der Waals surface area contributed by atoms with Crippen molar-refractivity contribution in [2.45, 2.75) is 33.6 Å².